The highest BCUT2D eigenvalue weighted by atomic mass is 16.7. The fourth-order valence-corrected chi connectivity index (χ4v) is 4.44. The second-order valence-corrected chi connectivity index (χ2v) is 8.22. The number of carbonyl (C=O) groups excluding carboxylic acids is 4. The fourth-order valence-electron chi connectivity index (χ4n) is 4.44. The number of amides is 3. The van der Waals surface area contributed by atoms with E-state index >= 15 is 0 Å². The van der Waals surface area contributed by atoms with Gasteiger partial charge in [0.05, 0.1) is 16.7 Å². The molecule has 2 aromatic carbocycles. The first-order valence-electron chi connectivity index (χ1n) is 10.9. The van der Waals surface area contributed by atoms with E-state index in [-0.39, 0.29) is 35.8 Å². The zero-order chi connectivity index (χ0) is 22.9. The Morgan fingerprint density at radius 3 is 2.52 bits per heavy atom. The van der Waals surface area contributed by atoms with Crippen molar-refractivity contribution < 1.29 is 33.4 Å². The van der Waals surface area contributed by atoms with Crippen LogP contribution >= 0.6 is 0 Å². The van der Waals surface area contributed by atoms with Gasteiger partial charge in [-0.2, -0.15) is 0 Å². The summed E-state index contributed by atoms with van der Waals surface area (Å²) in [6.07, 6.45) is 4.70. The van der Waals surface area contributed by atoms with E-state index in [2.05, 4.69) is 5.32 Å². The van der Waals surface area contributed by atoms with Crippen LogP contribution in [0.25, 0.3) is 0 Å². The maximum absolute atomic E-state index is 12.9. The lowest BCUT2D eigenvalue weighted by molar-refractivity contribution is -0.119. The molecule has 0 spiro atoms. The third kappa shape index (κ3) is 4.02. The summed E-state index contributed by atoms with van der Waals surface area (Å²) in [5.74, 6) is -0.870. The molecule has 9 nitrogen and oxygen atoms in total. The number of hydrogen-bond donors (Lipinski definition) is 1. The Kier molecular flexibility index (Phi) is 5.45. The lowest BCUT2D eigenvalue weighted by Gasteiger charge is -2.29. The summed E-state index contributed by atoms with van der Waals surface area (Å²) in [6, 6.07) is 9.12. The molecule has 3 aliphatic rings. The molecule has 0 bridgehead atoms. The summed E-state index contributed by atoms with van der Waals surface area (Å²) in [7, 11) is 0. The van der Waals surface area contributed by atoms with Crippen LogP contribution in [-0.2, 0) is 9.53 Å². The van der Waals surface area contributed by atoms with E-state index in [1.165, 1.54) is 23.1 Å². The van der Waals surface area contributed by atoms with Crippen molar-refractivity contribution in [1.82, 2.24) is 4.90 Å². The van der Waals surface area contributed by atoms with Gasteiger partial charge >= 0.3 is 5.97 Å². The van der Waals surface area contributed by atoms with Gasteiger partial charge in [0.25, 0.3) is 17.7 Å². The summed E-state index contributed by atoms with van der Waals surface area (Å²) in [5, 5.41) is 2.62. The van der Waals surface area contributed by atoms with Gasteiger partial charge in [-0.1, -0.05) is 19.3 Å². The minimum Gasteiger partial charge on any atom is -0.454 e. The van der Waals surface area contributed by atoms with Crippen LogP contribution in [-0.4, -0.2) is 48.0 Å². The molecule has 9 heteroatoms. The Labute approximate surface area is 189 Å². The van der Waals surface area contributed by atoms with Crippen LogP contribution in [0.5, 0.6) is 11.5 Å². The monoisotopic (exact) mass is 450 g/mol. The number of rotatable bonds is 5. The van der Waals surface area contributed by atoms with E-state index in [0.717, 1.165) is 32.1 Å². The fraction of sp³-hybridized carbons (Fsp3) is 0.333. The molecule has 2 heterocycles. The van der Waals surface area contributed by atoms with Gasteiger partial charge in [-0.3, -0.25) is 19.3 Å². The number of esters is 1. The summed E-state index contributed by atoms with van der Waals surface area (Å²) < 4.78 is 15.6. The number of carbonyl (C=O) groups is 4. The molecule has 0 saturated heterocycles. The third-order valence-corrected chi connectivity index (χ3v) is 6.08. The van der Waals surface area contributed by atoms with Crippen LogP contribution in [0.1, 0.15) is 63.2 Å². The first-order valence-corrected chi connectivity index (χ1v) is 10.9. The van der Waals surface area contributed by atoms with Crippen LogP contribution in [0.2, 0.25) is 0 Å². The molecule has 3 amide bonds. The highest BCUT2D eigenvalue weighted by Gasteiger charge is 2.40. The van der Waals surface area contributed by atoms with Gasteiger partial charge in [-0.15, -0.1) is 0 Å². The largest absolute Gasteiger partial charge is 0.454 e. The lowest BCUT2D eigenvalue weighted by Crippen LogP contribution is -2.40. The smallest absolute Gasteiger partial charge is 0.338 e. The zero-order valence-corrected chi connectivity index (χ0v) is 17.8. The van der Waals surface area contributed by atoms with Gasteiger partial charge in [0.15, 0.2) is 18.1 Å². The summed E-state index contributed by atoms with van der Waals surface area (Å²) >= 11 is 0. The normalized spacial score (nSPS) is 17.2. The van der Waals surface area contributed by atoms with E-state index in [1.807, 2.05) is 0 Å². The van der Waals surface area contributed by atoms with Crippen molar-refractivity contribution in [3.63, 3.8) is 0 Å². The van der Waals surface area contributed by atoms with Crippen molar-refractivity contribution in [3.8, 4) is 11.5 Å². The van der Waals surface area contributed by atoms with E-state index in [4.69, 9.17) is 14.2 Å². The molecule has 2 aromatic rings. The predicted molar refractivity (Wildman–Crippen MR) is 115 cm³/mol. The van der Waals surface area contributed by atoms with Crippen LogP contribution in [0.4, 0.5) is 5.69 Å². The summed E-state index contributed by atoms with van der Waals surface area (Å²) in [4.78, 5) is 51.7. The third-order valence-electron chi connectivity index (χ3n) is 6.08. The highest BCUT2D eigenvalue weighted by Crippen LogP contribution is 2.34. The molecule has 2 aliphatic heterocycles. The molecule has 33 heavy (non-hydrogen) atoms. The standard InChI is InChI=1S/C24H22N2O7/c27-21(25-15-7-9-19-20(11-15)33-13-32-19)12-31-24(30)14-6-8-17-18(10-14)23(29)26(22(17)28)16-4-2-1-3-5-16/h6-11,16H,1-5,12-13H2,(H,25,27). The van der Waals surface area contributed by atoms with Gasteiger partial charge in [0.2, 0.25) is 6.79 Å². The number of nitrogens with one attached hydrogen (secondary N) is 1. The predicted octanol–water partition coefficient (Wildman–Crippen LogP) is 3.14. The number of fused-ring (bicyclic) bond motifs is 2. The average molecular weight is 450 g/mol. The topological polar surface area (TPSA) is 111 Å². The van der Waals surface area contributed by atoms with Gasteiger partial charge < -0.3 is 19.5 Å². The number of imide groups is 1. The molecule has 0 atom stereocenters. The SMILES string of the molecule is O=C(COC(=O)c1ccc2c(c1)C(=O)N(C1CCCCC1)C2=O)Nc1ccc2c(c1)OCO2. The highest BCUT2D eigenvalue weighted by molar-refractivity contribution is 6.22. The molecular weight excluding hydrogens is 428 g/mol. The minimum atomic E-state index is -0.755. The summed E-state index contributed by atoms with van der Waals surface area (Å²) in [5.41, 5.74) is 1.08. The Balaban J connectivity index is 1.21. The van der Waals surface area contributed by atoms with Crippen molar-refractivity contribution >= 4 is 29.4 Å². The average Bonchev–Trinajstić information content (AvgIpc) is 3.40. The maximum atomic E-state index is 12.9. The number of anilines is 1. The van der Waals surface area contributed by atoms with Gasteiger partial charge in [0, 0.05) is 17.8 Å². The molecule has 1 fully saturated rings. The number of nitrogens with zero attached hydrogens (tertiary/aromatic N) is 1. The first-order chi connectivity index (χ1) is 16.0. The van der Waals surface area contributed by atoms with E-state index in [9.17, 15) is 19.2 Å². The maximum Gasteiger partial charge on any atom is 0.338 e. The Morgan fingerprint density at radius 2 is 1.70 bits per heavy atom. The van der Waals surface area contributed by atoms with Crippen molar-refractivity contribution in [1.29, 1.82) is 0 Å². The molecule has 0 radical (unpaired) electrons. The van der Waals surface area contributed by atoms with Crippen molar-refractivity contribution in [2.75, 3.05) is 18.7 Å². The molecule has 0 aromatic heterocycles. The number of hydrogen-bond acceptors (Lipinski definition) is 7. The molecule has 1 aliphatic carbocycles. The number of ether oxygens (including phenoxy) is 3. The molecule has 170 valence electrons. The summed E-state index contributed by atoms with van der Waals surface area (Å²) in [6.45, 7) is -0.386. The van der Waals surface area contributed by atoms with Gasteiger partial charge in [0.1, 0.15) is 0 Å². The van der Waals surface area contributed by atoms with Crippen LogP contribution in [0.15, 0.2) is 36.4 Å². The quantitative estimate of drug-likeness (QED) is 0.550. The molecule has 1 saturated carbocycles. The first kappa shape index (κ1) is 21.0. The van der Waals surface area contributed by atoms with Crippen LogP contribution in [0, 0.1) is 0 Å². The molecular formula is C24H22N2O7. The zero-order valence-electron chi connectivity index (χ0n) is 17.8. The van der Waals surface area contributed by atoms with Gasteiger partial charge in [-0.05, 0) is 43.2 Å². The van der Waals surface area contributed by atoms with Crippen LogP contribution in [0.3, 0.4) is 0 Å². The van der Waals surface area contributed by atoms with E-state index in [1.54, 1.807) is 18.2 Å². The van der Waals surface area contributed by atoms with Crippen LogP contribution < -0.4 is 14.8 Å². The minimum absolute atomic E-state index is 0.0959. The lowest BCUT2D eigenvalue weighted by atomic mass is 9.94. The van der Waals surface area contributed by atoms with Crippen molar-refractivity contribution in [3.05, 3.63) is 53.1 Å². The second kappa shape index (κ2) is 8.57. The molecule has 1 N–H and O–H groups in total. The number of benzene rings is 2. The van der Waals surface area contributed by atoms with E-state index in [0.29, 0.717) is 22.7 Å². The molecule has 5 rings (SSSR count). The van der Waals surface area contributed by atoms with Crippen molar-refractivity contribution in [2.24, 2.45) is 0 Å². The Bertz CT molecular complexity index is 1150. The Hall–Kier alpha value is -3.88. The van der Waals surface area contributed by atoms with Crippen molar-refractivity contribution in [2.45, 2.75) is 38.1 Å². The molecule has 0 unspecified atom stereocenters. The van der Waals surface area contributed by atoms with E-state index < -0.39 is 18.5 Å². The van der Waals surface area contributed by atoms with Gasteiger partial charge in [-0.25, -0.2) is 4.79 Å². The Morgan fingerprint density at radius 1 is 0.939 bits per heavy atom. The second-order valence-electron chi connectivity index (χ2n) is 8.22.